The molecule has 29 heavy (non-hydrogen) atoms. The van der Waals surface area contributed by atoms with Crippen molar-refractivity contribution < 1.29 is 13.3 Å². The van der Waals surface area contributed by atoms with Crippen molar-refractivity contribution in [2.75, 3.05) is 23.5 Å². The quantitative estimate of drug-likeness (QED) is 0.460. The topological polar surface area (TPSA) is 116 Å². The maximum atomic E-state index is 11.8. The van der Waals surface area contributed by atoms with E-state index in [4.69, 9.17) is 0 Å². The summed E-state index contributed by atoms with van der Waals surface area (Å²) in [6, 6.07) is 5.06. The number of nitrogens with zero attached hydrogens (tertiary/aromatic N) is 6. The third kappa shape index (κ3) is 3.35. The fourth-order valence-electron chi connectivity index (χ4n) is 3.96. The number of pyridine rings is 1. The number of hydrogen-bond acceptors (Lipinski definition) is 7. The molecule has 3 aromatic rings. The summed E-state index contributed by atoms with van der Waals surface area (Å²) in [5, 5.41) is 16.2. The highest BCUT2D eigenvalue weighted by atomic mass is 32.2. The molecule has 4 heterocycles. The van der Waals surface area contributed by atoms with Crippen LogP contribution in [0.1, 0.15) is 29.4 Å². The Morgan fingerprint density at radius 3 is 2.76 bits per heavy atom. The van der Waals surface area contributed by atoms with Gasteiger partial charge >= 0.3 is 5.82 Å². The van der Waals surface area contributed by atoms with E-state index in [2.05, 4.69) is 10.1 Å². The Labute approximate surface area is 167 Å². The predicted molar refractivity (Wildman–Crippen MR) is 108 cm³/mol. The molecule has 0 N–H and O–H groups in total. The molecule has 4 rings (SSSR count). The Bertz CT molecular complexity index is 1210. The maximum absolute atomic E-state index is 11.8. The molecule has 10 nitrogen and oxygen atoms in total. The van der Waals surface area contributed by atoms with Crippen LogP contribution in [0.5, 0.6) is 0 Å². The molecule has 0 aromatic carbocycles. The van der Waals surface area contributed by atoms with Crippen molar-refractivity contribution in [3.8, 4) is 0 Å². The highest BCUT2D eigenvalue weighted by Crippen LogP contribution is 2.31. The normalized spacial score (nSPS) is 18.4. The number of aromatic nitrogens is 4. The second kappa shape index (κ2) is 6.83. The molecular weight excluding hydrogens is 396 g/mol. The van der Waals surface area contributed by atoms with Gasteiger partial charge in [0.15, 0.2) is 9.84 Å². The number of hydrogen-bond donors (Lipinski definition) is 0. The van der Waals surface area contributed by atoms with E-state index in [0.29, 0.717) is 18.6 Å². The molecule has 0 saturated carbocycles. The van der Waals surface area contributed by atoms with Gasteiger partial charge in [-0.25, -0.2) is 8.42 Å². The Balaban J connectivity index is 1.68. The highest BCUT2D eigenvalue weighted by molar-refractivity contribution is 7.91. The highest BCUT2D eigenvalue weighted by Gasteiger charge is 2.32. The number of rotatable bonds is 5. The zero-order valence-corrected chi connectivity index (χ0v) is 17.3. The Morgan fingerprint density at radius 1 is 1.34 bits per heavy atom. The van der Waals surface area contributed by atoms with Gasteiger partial charge in [-0.3, -0.25) is 4.68 Å². The number of anilines is 1. The zero-order valence-electron chi connectivity index (χ0n) is 16.4. The molecule has 0 amide bonds. The lowest BCUT2D eigenvalue weighted by molar-refractivity contribution is -0.389. The standard InChI is InChI=1S/C18H22N6O4S/c1-12-15(13(2)23(20-12)14-7-9-29(27,28)11-14)10-21(3)17-18(24(25)26)22-8-5-4-6-16(22)19-17/h4-6,8,14H,7,9-11H2,1-3H3/t14-/m0/s1. The summed E-state index contributed by atoms with van der Waals surface area (Å²) in [4.78, 5) is 17.4. The van der Waals surface area contributed by atoms with Gasteiger partial charge in [0.2, 0.25) is 11.5 Å². The molecule has 1 fully saturated rings. The largest absolute Gasteiger partial charge is 0.372 e. The Morgan fingerprint density at radius 2 is 2.10 bits per heavy atom. The first-order valence-electron chi connectivity index (χ1n) is 9.25. The third-order valence-electron chi connectivity index (χ3n) is 5.45. The number of sulfone groups is 1. The van der Waals surface area contributed by atoms with Crippen LogP contribution in [0.15, 0.2) is 24.4 Å². The maximum Gasteiger partial charge on any atom is 0.372 e. The number of imidazole rings is 1. The predicted octanol–water partition coefficient (Wildman–Crippen LogP) is 2.05. The summed E-state index contributed by atoms with van der Waals surface area (Å²) >= 11 is 0. The minimum atomic E-state index is -3.02. The summed E-state index contributed by atoms with van der Waals surface area (Å²) in [6.07, 6.45) is 2.17. The van der Waals surface area contributed by atoms with E-state index in [1.54, 1.807) is 41.0 Å². The van der Waals surface area contributed by atoms with Gasteiger partial charge in [-0.1, -0.05) is 6.07 Å². The van der Waals surface area contributed by atoms with E-state index < -0.39 is 14.8 Å². The van der Waals surface area contributed by atoms with Crippen molar-refractivity contribution in [2.45, 2.75) is 32.9 Å². The van der Waals surface area contributed by atoms with Crippen molar-refractivity contribution in [2.24, 2.45) is 0 Å². The lowest BCUT2D eigenvalue weighted by Gasteiger charge is -2.17. The van der Waals surface area contributed by atoms with E-state index in [0.717, 1.165) is 17.0 Å². The molecule has 0 spiro atoms. The fourth-order valence-corrected chi connectivity index (χ4v) is 5.65. The number of aryl methyl sites for hydroxylation is 1. The van der Waals surface area contributed by atoms with Gasteiger partial charge in [0, 0.05) is 30.9 Å². The average Bonchev–Trinajstić information content (AvgIpc) is 3.30. The van der Waals surface area contributed by atoms with E-state index in [-0.39, 0.29) is 29.2 Å². The molecule has 1 atom stereocenters. The average molecular weight is 418 g/mol. The van der Waals surface area contributed by atoms with Crippen molar-refractivity contribution in [1.82, 2.24) is 19.2 Å². The second-order valence-electron chi connectivity index (χ2n) is 7.45. The second-order valence-corrected chi connectivity index (χ2v) is 9.68. The first kappa shape index (κ1) is 19.4. The molecule has 0 aliphatic carbocycles. The minimum Gasteiger partial charge on any atom is -0.358 e. The molecule has 1 aliphatic heterocycles. The summed E-state index contributed by atoms with van der Waals surface area (Å²) in [6.45, 7) is 4.16. The van der Waals surface area contributed by atoms with Crippen LogP contribution in [0.4, 0.5) is 11.6 Å². The van der Waals surface area contributed by atoms with Crippen LogP contribution in [0.25, 0.3) is 5.65 Å². The van der Waals surface area contributed by atoms with Crippen LogP contribution in [0, 0.1) is 24.0 Å². The van der Waals surface area contributed by atoms with Gasteiger partial charge in [0.1, 0.15) is 0 Å². The summed E-state index contributed by atoms with van der Waals surface area (Å²) in [5.74, 6) is 0.463. The van der Waals surface area contributed by atoms with Crippen LogP contribution >= 0.6 is 0 Å². The van der Waals surface area contributed by atoms with Crippen molar-refractivity contribution >= 4 is 27.1 Å². The van der Waals surface area contributed by atoms with Gasteiger partial charge in [-0.2, -0.15) is 14.5 Å². The van der Waals surface area contributed by atoms with Crippen LogP contribution in [0.2, 0.25) is 0 Å². The molecular formula is C18H22N6O4S. The van der Waals surface area contributed by atoms with E-state index in [9.17, 15) is 18.5 Å². The summed E-state index contributed by atoms with van der Waals surface area (Å²) in [5.41, 5.74) is 3.08. The molecule has 11 heteroatoms. The monoisotopic (exact) mass is 418 g/mol. The summed E-state index contributed by atoms with van der Waals surface area (Å²) < 4.78 is 26.9. The van der Waals surface area contributed by atoms with Gasteiger partial charge < -0.3 is 15.0 Å². The van der Waals surface area contributed by atoms with E-state index >= 15 is 0 Å². The Hall–Kier alpha value is -2.95. The van der Waals surface area contributed by atoms with Crippen molar-refractivity contribution in [3.05, 3.63) is 51.5 Å². The van der Waals surface area contributed by atoms with Crippen LogP contribution in [0.3, 0.4) is 0 Å². The lowest BCUT2D eigenvalue weighted by atomic mass is 10.1. The Kier molecular flexibility index (Phi) is 4.56. The van der Waals surface area contributed by atoms with Gasteiger partial charge in [-0.15, -0.1) is 0 Å². The molecule has 0 unspecified atom stereocenters. The molecule has 0 radical (unpaired) electrons. The van der Waals surface area contributed by atoms with Crippen LogP contribution < -0.4 is 4.90 Å². The van der Waals surface area contributed by atoms with Crippen LogP contribution in [-0.2, 0) is 16.4 Å². The van der Waals surface area contributed by atoms with E-state index in [1.165, 1.54) is 4.40 Å². The van der Waals surface area contributed by atoms with Gasteiger partial charge in [0.05, 0.1) is 29.4 Å². The molecule has 1 aliphatic rings. The number of fused-ring (bicyclic) bond motifs is 1. The molecule has 0 bridgehead atoms. The van der Waals surface area contributed by atoms with Crippen LogP contribution in [-0.4, -0.2) is 51.1 Å². The minimum absolute atomic E-state index is 0.0901. The first-order chi connectivity index (χ1) is 13.7. The SMILES string of the molecule is Cc1nn([C@H]2CCS(=O)(=O)C2)c(C)c1CN(C)c1nc2ccccn2c1[N+](=O)[O-]. The lowest BCUT2D eigenvalue weighted by Crippen LogP contribution is -2.19. The van der Waals surface area contributed by atoms with Crippen molar-refractivity contribution in [3.63, 3.8) is 0 Å². The number of nitro groups is 1. The molecule has 1 saturated heterocycles. The zero-order chi connectivity index (χ0) is 20.9. The van der Waals surface area contributed by atoms with Crippen molar-refractivity contribution in [1.29, 1.82) is 0 Å². The first-order valence-corrected chi connectivity index (χ1v) is 11.1. The van der Waals surface area contributed by atoms with E-state index in [1.807, 2.05) is 13.8 Å². The van der Waals surface area contributed by atoms with Gasteiger partial charge in [-0.05, 0) is 31.3 Å². The van der Waals surface area contributed by atoms with Gasteiger partial charge in [0.25, 0.3) is 0 Å². The molecule has 3 aromatic heterocycles. The summed E-state index contributed by atoms with van der Waals surface area (Å²) in [7, 11) is -1.26. The fraction of sp³-hybridized carbons (Fsp3) is 0.444. The third-order valence-corrected chi connectivity index (χ3v) is 7.20. The smallest absolute Gasteiger partial charge is 0.358 e. The molecule has 154 valence electrons.